The Labute approximate surface area is 136 Å². The van der Waals surface area contributed by atoms with E-state index in [4.69, 9.17) is 0 Å². The summed E-state index contributed by atoms with van der Waals surface area (Å²) in [7, 11) is 2.01. The number of hydrogen-bond acceptors (Lipinski definition) is 1. The van der Waals surface area contributed by atoms with Gasteiger partial charge in [0, 0.05) is 30.7 Å². The number of fused-ring (bicyclic) bond motifs is 1. The topological polar surface area (TPSA) is 34.0 Å². The van der Waals surface area contributed by atoms with Crippen LogP contribution in [-0.2, 0) is 31.2 Å². The predicted molar refractivity (Wildman–Crippen MR) is 94.3 cm³/mol. The van der Waals surface area contributed by atoms with E-state index >= 15 is 0 Å². The Morgan fingerprint density at radius 3 is 2.48 bits per heavy atom. The minimum atomic E-state index is 0.0564. The van der Waals surface area contributed by atoms with Crippen molar-refractivity contribution in [3.05, 3.63) is 71.4 Å². The van der Waals surface area contributed by atoms with Gasteiger partial charge in [-0.3, -0.25) is 4.79 Å². The molecule has 0 bridgehead atoms. The summed E-state index contributed by atoms with van der Waals surface area (Å²) < 4.78 is 2.07. The summed E-state index contributed by atoms with van der Waals surface area (Å²) in [5, 5.41) is 4.16. The first kappa shape index (κ1) is 15.3. The van der Waals surface area contributed by atoms with E-state index in [0.717, 1.165) is 28.5 Å². The Hall–Kier alpha value is -2.55. The SMILES string of the molecule is CCc1ccc(CNC(=O)Cc2cn(C)c3ccccc23)cc1. The molecule has 0 spiro atoms. The van der Waals surface area contributed by atoms with Crippen LogP contribution in [0.1, 0.15) is 23.6 Å². The molecule has 23 heavy (non-hydrogen) atoms. The van der Waals surface area contributed by atoms with E-state index in [1.807, 2.05) is 25.4 Å². The molecule has 1 amide bonds. The molecule has 3 aromatic rings. The molecular weight excluding hydrogens is 284 g/mol. The highest BCUT2D eigenvalue weighted by Crippen LogP contribution is 2.20. The Morgan fingerprint density at radius 1 is 1.04 bits per heavy atom. The maximum atomic E-state index is 12.2. The smallest absolute Gasteiger partial charge is 0.224 e. The number of aromatic nitrogens is 1. The van der Waals surface area contributed by atoms with Crippen LogP contribution in [0.15, 0.2) is 54.7 Å². The Morgan fingerprint density at radius 2 is 1.74 bits per heavy atom. The van der Waals surface area contributed by atoms with Crippen LogP contribution in [0, 0.1) is 0 Å². The Bertz CT molecular complexity index is 815. The zero-order valence-corrected chi connectivity index (χ0v) is 13.7. The summed E-state index contributed by atoms with van der Waals surface area (Å²) in [5.74, 6) is 0.0564. The van der Waals surface area contributed by atoms with Gasteiger partial charge in [-0.1, -0.05) is 49.4 Å². The fraction of sp³-hybridized carbons (Fsp3) is 0.250. The molecular formula is C20H22N2O. The third kappa shape index (κ3) is 3.45. The van der Waals surface area contributed by atoms with Crippen LogP contribution in [0.4, 0.5) is 0 Å². The van der Waals surface area contributed by atoms with Crippen molar-refractivity contribution in [2.24, 2.45) is 7.05 Å². The van der Waals surface area contributed by atoms with E-state index in [0.29, 0.717) is 13.0 Å². The first-order valence-electron chi connectivity index (χ1n) is 8.05. The summed E-state index contributed by atoms with van der Waals surface area (Å²) in [6.45, 7) is 2.72. The van der Waals surface area contributed by atoms with Gasteiger partial charge in [0.1, 0.15) is 0 Å². The second-order valence-electron chi connectivity index (χ2n) is 5.91. The maximum absolute atomic E-state index is 12.2. The highest BCUT2D eigenvalue weighted by Gasteiger charge is 2.10. The van der Waals surface area contributed by atoms with Crippen molar-refractivity contribution in [1.29, 1.82) is 0 Å². The monoisotopic (exact) mass is 306 g/mol. The van der Waals surface area contributed by atoms with Gasteiger partial charge in [0.15, 0.2) is 0 Å². The largest absolute Gasteiger partial charge is 0.352 e. The zero-order chi connectivity index (χ0) is 16.2. The number of nitrogens with zero attached hydrogens (tertiary/aromatic N) is 1. The summed E-state index contributed by atoms with van der Waals surface area (Å²) >= 11 is 0. The molecule has 1 aromatic heterocycles. The lowest BCUT2D eigenvalue weighted by Gasteiger charge is -2.06. The number of carbonyl (C=O) groups is 1. The van der Waals surface area contributed by atoms with Gasteiger partial charge in [-0.2, -0.15) is 0 Å². The molecule has 2 aromatic carbocycles. The van der Waals surface area contributed by atoms with Crippen LogP contribution in [0.3, 0.4) is 0 Å². The number of hydrogen-bond donors (Lipinski definition) is 1. The minimum Gasteiger partial charge on any atom is -0.352 e. The van der Waals surface area contributed by atoms with Gasteiger partial charge in [0.25, 0.3) is 0 Å². The van der Waals surface area contributed by atoms with Crippen LogP contribution in [-0.4, -0.2) is 10.5 Å². The molecule has 0 aliphatic rings. The van der Waals surface area contributed by atoms with Crippen LogP contribution in [0.2, 0.25) is 0 Å². The second kappa shape index (κ2) is 6.69. The average molecular weight is 306 g/mol. The van der Waals surface area contributed by atoms with Gasteiger partial charge in [-0.05, 0) is 29.2 Å². The fourth-order valence-electron chi connectivity index (χ4n) is 2.90. The van der Waals surface area contributed by atoms with Crippen LogP contribution in [0.5, 0.6) is 0 Å². The molecule has 3 heteroatoms. The predicted octanol–water partition coefficient (Wildman–Crippen LogP) is 3.60. The molecule has 0 aliphatic heterocycles. The van der Waals surface area contributed by atoms with E-state index < -0.39 is 0 Å². The van der Waals surface area contributed by atoms with Crippen LogP contribution >= 0.6 is 0 Å². The lowest BCUT2D eigenvalue weighted by atomic mass is 10.1. The molecule has 0 fully saturated rings. The third-order valence-corrected chi connectivity index (χ3v) is 4.25. The second-order valence-corrected chi connectivity index (χ2v) is 5.91. The maximum Gasteiger partial charge on any atom is 0.224 e. The van der Waals surface area contributed by atoms with Crippen molar-refractivity contribution in [2.45, 2.75) is 26.3 Å². The van der Waals surface area contributed by atoms with Gasteiger partial charge in [-0.15, -0.1) is 0 Å². The van der Waals surface area contributed by atoms with E-state index in [1.165, 1.54) is 5.56 Å². The molecule has 0 radical (unpaired) electrons. The van der Waals surface area contributed by atoms with Crippen molar-refractivity contribution < 1.29 is 4.79 Å². The number of carbonyl (C=O) groups excluding carboxylic acids is 1. The number of amides is 1. The van der Waals surface area contributed by atoms with Crippen molar-refractivity contribution >= 4 is 16.8 Å². The van der Waals surface area contributed by atoms with E-state index in [-0.39, 0.29) is 5.91 Å². The molecule has 0 aliphatic carbocycles. The van der Waals surface area contributed by atoms with Gasteiger partial charge >= 0.3 is 0 Å². The van der Waals surface area contributed by atoms with Crippen LogP contribution < -0.4 is 5.32 Å². The number of nitrogens with one attached hydrogen (secondary N) is 1. The van der Waals surface area contributed by atoms with E-state index in [9.17, 15) is 4.79 Å². The minimum absolute atomic E-state index is 0.0564. The van der Waals surface area contributed by atoms with Crippen molar-refractivity contribution in [1.82, 2.24) is 9.88 Å². The van der Waals surface area contributed by atoms with Gasteiger partial charge in [-0.25, -0.2) is 0 Å². The number of para-hydroxylation sites is 1. The lowest BCUT2D eigenvalue weighted by Crippen LogP contribution is -2.24. The highest BCUT2D eigenvalue weighted by molar-refractivity contribution is 5.89. The first-order chi connectivity index (χ1) is 11.2. The zero-order valence-electron chi connectivity index (χ0n) is 13.7. The normalized spacial score (nSPS) is 10.9. The van der Waals surface area contributed by atoms with Crippen molar-refractivity contribution in [3.8, 4) is 0 Å². The Kier molecular flexibility index (Phi) is 4.47. The number of aryl methyl sites for hydroxylation is 2. The van der Waals surface area contributed by atoms with Crippen molar-refractivity contribution in [2.75, 3.05) is 0 Å². The van der Waals surface area contributed by atoms with Gasteiger partial charge < -0.3 is 9.88 Å². The molecule has 1 N–H and O–H groups in total. The van der Waals surface area contributed by atoms with Crippen molar-refractivity contribution in [3.63, 3.8) is 0 Å². The van der Waals surface area contributed by atoms with Gasteiger partial charge in [0.2, 0.25) is 5.91 Å². The standard InChI is InChI=1S/C20H22N2O/c1-3-15-8-10-16(11-9-15)13-21-20(23)12-17-14-22(2)19-7-5-4-6-18(17)19/h4-11,14H,3,12-13H2,1-2H3,(H,21,23). The van der Waals surface area contributed by atoms with E-state index in [2.05, 4.69) is 53.2 Å². The molecule has 0 saturated heterocycles. The molecule has 0 atom stereocenters. The molecule has 1 heterocycles. The molecule has 118 valence electrons. The van der Waals surface area contributed by atoms with Gasteiger partial charge in [0.05, 0.1) is 6.42 Å². The lowest BCUT2D eigenvalue weighted by molar-refractivity contribution is -0.120. The first-order valence-corrected chi connectivity index (χ1v) is 8.05. The molecule has 3 rings (SSSR count). The molecule has 3 nitrogen and oxygen atoms in total. The summed E-state index contributed by atoms with van der Waals surface area (Å²) in [4.78, 5) is 12.2. The number of rotatable bonds is 5. The van der Waals surface area contributed by atoms with Crippen LogP contribution in [0.25, 0.3) is 10.9 Å². The molecule has 0 unspecified atom stereocenters. The third-order valence-electron chi connectivity index (χ3n) is 4.25. The Balaban J connectivity index is 1.64. The summed E-state index contributed by atoms with van der Waals surface area (Å²) in [6.07, 6.45) is 3.49. The quantitative estimate of drug-likeness (QED) is 0.768. The summed E-state index contributed by atoms with van der Waals surface area (Å²) in [5.41, 5.74) is 4.68. The fourth-order valence-corrected chi connectivity index (χ4v) is 2.90. The van der Waals surface area contributed by atoms with E-state index in [1.54, 1.807) is 0 Å². The summed E-state index contributed by atoms with van der Waals surface area (Å²) in [6, 6.07) is 16.6. The molecule has 0 saturated carbocycles. The highest BCUT2D eigenvalue weighted by atomic mass is 16.1. The average Bonchev–Trinajstić information content (AvgIpc) is 2.90. The number of benzene rings is 2.